The number of ether oxygens (including phenoxy) is 1. The van der Waals surface area contributed by atoms with Crippen LogP contribution in [0.1, 0.15) is 52.4 Å². The molecule has 0 aliphatic heterocycles. The fourth-order valence-corrected chi connectivity index (χ4v) is 1.17. The van der Waals surface area contributed by atoms with Gasteiger partial charge in [0.05, 0.1) is 6.61 Å². The summed E-state index contributed by atoms with van der Waals surface area (Å²) in [7, 11) is 0. The van der Waals surface area contributed by atoms with E-state index in [0.717, 1.165) is 12.8 Å². The van der Waals surface area contributed by atoms with Crippen molar-refractivity contribution in [3.8, 4) is 0 Å². The van der Waals surface area contributed by atoms with Crippen LogP contribution in [-0.2, 0) is 9.53 Å². The fourth-order valence-electron chi connectivity index (χ4n) is 1.17. The molecule has 0 rings (SSSR count). The Morgan fingerprint density at radius 2 is 1.71 bits per heavy atom. The van der Waals surface area contributed by atoms with Crippen molar-refractivity contribution < 1.29 is 9.53 Å². The molecule has 0 bridgehead atoms. The van der Waals surface area contributed by atoms with E-state index in [9.17, 15) is 4.79 Å². The number of carbonyl (C=O) groups is 1. The van der Waals surface area contributed by atoms with E-state index in [1.165, 1.54) is 25.7 Å². The van der Waals surface area contributed by atoms with Gasteiger partial charge in [0.1, 0.15) is 0 Å². The number of rotatable bonds is 8. The Morgan fingerprint density at radius 1 is 1.14 bits per heavy atom. The first-order valence-corrected chi connectivity index (χ1v) is 5.51. The van der Waals surface area contributed by atoms with Gasteiger partial charge in [-0.15, -0.1) is 0 Å². The molecule has 0 aromatic heterocycles. The van der Waals surface area contributed by atoms with Gasteiger partial charge in [0.15, 0.2) is 0 Å². The van der Waals surface area contributed by atoms with Gasteiger partial charge < -0.3 is 4.74 Å². The van der Waals surface area contributed by atoms with E-state index in [2.05, 4.69) is 13.5 Å². The van der Waals surface area contributed by atoms with Crippen molar-refractivity contribution in [2.45, 2.75) is 52.4 Å². The van der Waals surface area contributed by atoms with Gasteiger partial charge >= 0.3 is 5.97 Å². The summed E-state index contributed by atoms with van der Waals surface area (Å²) in [5.74, 6) is -0.265. The van der Waals surface area contributed by atoms with E-state index in [0.29, 0.717) is 12.2 Å². The van der Waals surface area contributed by atoms with Crippen molar-refractivity contribution in [1.82, 2.24) is 0 Å². The Labute approximate surface area is 87.3 Å². The molecule has 0 heterocycles. The lowest BCUT2D eigenvalue weighted by Crippen LogP contribution is -2.05. The zero-order valence-corrected chi connectivity index (χ0v) is 9.47. The average molecular weight is 198 g/mol. The minimum atomic E-state index is -0.265. The van der Waals surface area contributed by atoms with Gasteiger partial charge in [-0.2, -0.15) is 0 Å². The monoisotopic (exact) mass is 198 g/mol. The Kier molecular flexibility index (Phi) is 8.30. The number of hydrogen-bond acceptors (Lipinski definition) is 2. The Hall–Kier alpha value is -0.790. The second kappa shape index (κ2) is 8.79. The molecule has 0 fully saturated rings. The van der Waals surface area contributed by atoms with Crippen LogP contribution < -0.4 is 0 Å². The highest BCUT2D eigenvalue weighted by molar-refractivity contribution is 5.86. The first-order chi connectivity index (χ1) is 6.68. The Morgan fingerprint density at radius 3 is 2.29 bits per heavy atom. The summed E-state index contributed by atoms with van der Waals surface area (Å²) in [4.78, 5) is 11.0. The van der Waals surface area contributed by atoms with Gasteiger partial charge in [0.25, 0.3) is 0 Å². The summed E-state index contributed by atoms with van der Waals surface area (Å²) in [5, 5.41) is 0. The molecule has 0 unspecified atom stereocenters. The summed E-state index contributed by atoms with van der Waals surface area (Å²) >= 11 is 0. The van der Waals surface area contributed by atoms with Crippen molar-refractivity contribution in [3.63, 3.8) is 0 Å². The van der Waals surface area contributed by atoms with Crippen molar-refractivity contribution in [3.05, 3.63) is 12.2 Å². The molecule has 0 saturated heterocycles. The van der Waals surface area contributed by atoms with Crippen LogP contribution in [0.25, 0.3) is 0 Å². The van der Waals surface area contributed by atoms with Crippen LogP contribution in [0.3, 0.4) is 0 Å². The normalized spacial score (nSPS) is 9.86. The zero-order chi connectivity index (χ0) is 10.8. The summed E-state index contributed by atoms with van der Waals surface area (Å²) < 4.78 is 4.97. The molecule has 0 amide bonds. The van der Waals surface area contributed by atoms with Crippen LogP contribution in [0.5, 0.6) is 0 Å². The summed E-state index contributed by atoms with van der Waals surface area (Å²) in [5.41, 5.74) is 0.482. The van der Waals surface area contributed by atoms with Crippen molar-refractivity contribution >= 4 is 5.97 Å². The van der Waals surface area contributed by atoms with E-state index in [4.69, 9.17) is 4.74 Å². The van der Waals surface area contributed by atoms with Crippen LogP contribution in [0.2, 0.25) is 0 Å². The molecule has 2 heteroatoms. The van der Waals surface area contributed by atoms with E-state index in [1.807, 2.05) is 0 Å². The zero-order valence-electron chi connectivity index (χ0n) is 9.47. The molecule has 14 heavy (non-hydrogen) atoms. The quantitative estimate of drug-likeness (QED) is 0.339. The Bertz CT molecular complexity index is 173. The molecule has 82 valence electrons. The Balaban J connectivity index is 3.13. The minimum Gasteiger partial charge on any atom is -0.462 e. The summed E-state index contributed by atoms with van der Waals surface area (Å²) in [6.07, 6.45) is 7.26. The van der Waals surface area contributed by atoms with Crippen LogP contribution in [0, 0.1) is 0 Å². The van der Waals surface area contributed by atoms with Crippen LogP contribution in [0.15, 0.2) is 12.2 Å². The van der Waals surface area contributed by atoms with Gasteiger partial charge in [-0.25, -0.2) is 4.79 Å². The summed E-state index contributed by atoms with van der Waals surface area (Å²) in [6.45, 7) is 7.93. The second-order valence-electron chi connectivity index (χ2n) is 3.68. The molecule has 0 aliphatic rings. The average Bonchev–Trinajstić information content (AvgIpc) is 2.16. The van der Waals surface area contributed by atoms with Gasteiger partial charge in [-0.1, -0.05) is 45.6 Å². The topological polar surface area (TPSA) is 26.3 Å². The molecule has 0 aliphatic carbocycles. The predicted octanol–water partition coefficient (Wildman–Crippen LogP) is 3.47. The number of hydrogen-bond donors (Lipinski definition) is 0. The fraction of sp³-hybridized carbons (Fsp3) is 0.750. The third kappa shape index (κ3) is 7.84. The highest BCUT2D eigenvalue weighted by atomic mass is 16.5. The third-order valence-corrected chi connectivity index (χ3v) is 2.08. The molecule has 0 aromatic rings. The van der Waals surface area contributed by atoms with Gasteiger partial charge in [0.2, 0.25) is 0 Å². The number of esters is 1. The molecular weight excluding hydrogens is 176 g/mol. The van der Waals surface area contributed by atoms with Crippen molar-refractivity contribution in [1.29, 1.82) is 0 Å². The van der Waals surface area contributed by atoms with Crippen molar-refractivity contribution in [2.75, 3.05) is 6.61 Å². The molecule has 0 radical (unpaired) electrons. The minimum absolute atomic E-state index is 0.265. The van der Waals surface area contributed by atoms with Gasteiger partial charge in [0, 0.05) is 5.57 Å². The van der Waals surface area contributed by atoms with E-state index < -0.39 is 0 Å². The highest BCUT2D eigenvalue weighted by Crippen LogP contribution is 2.05. The smallest absolute Gasteiger partial charge is 0.333 e. The van der Waals surface area contributed by atoms with Crippen LogP contribution >= 0.6 is 0 Å². The molecule has 2 nitrogen and oxygen atoms in total. The molecule has 0 saturated carbocycles. The van der Waals surface area contributed by atoms with Gasteiger partial charge in [-0.3, -0.25) is 0 Å². The lowest BCUT2D eigenvalue weighted by atomic mass is 10.1. The largest absolute Gasteiger partial charge is 0.462 e. The molecule has 0 N–H and O–H groups in total. The van der Waals surface area contributed by atoms with E-state index in [-0.39, 0.29) is 5.97 Å². The van der Waals surface area contributed by atoms with Gasteiger partial charge in [-0.05, 0) is 13.3 Å². The van der Waals surface area contributed by atoms with Crippen molar-refractivity contribution in [2.24, 2.45) is 0 Å². The number of carbonyl (C=O) groups excluding carboxylic acids is 1. The first kappa shape index (κ1) is 13.2. The maximum Gasteiger partial charge on any atom is 0.333 e. The molecular formula is C12H22O2. The maximum atomic E-state index is 11.0. The van der Waals surface area contributed by atoms with E-state index >= 15 is 0 Å². The lowest BCUT2D eigenvalue weighted by molar-refractivity contribution is -0.139. The third-order valence-electron chi connectivity index (χ3n) is 2.08. The number of unbranched alkanes of at least 4 members (excludes halogenated alkanes) is 5. The molecule has 0 spiro atoms. The van der Waals surface area contributed by atoms with E-state index in [1.54, 1.807) is 6.92 Å². The predicted molar refractivity (Wildman–Crippen MR) is 59.1 cm³/mol. The van der Waals surface area contributed by atoms with Crippen LogP contribution in [-0.4, -0.2) is 12.6 Å². The lowest BCUT2D eigenvalue weighted by Gasteiger charge is -2.03. The standard InChI is InChI=1S/C12H22O2/c1-4-5-6-7-8-9-10-14-12(13)11(2)3/h2,4-10H2,1,3H3. The maximum absolute atomic E-state index is 11.0. The highest BCUT2D eigenvalue weighted by Gasteiger charge is 2.01. The second-order valence-corrected chi connectivity index (χ2v) is 3.68. The SMILES string of the molecule is C=C(C)C(=O)OCCCCCCCC. The van der Waals surface area contributed by atoms with Crippen LogP contribution in [0.4, 0.5) is 0 Å². The first-order valence-electron chi connectivity index (χ1n) is 5.51. The summed E-state index contributed by atoms with van der Waals surface area (Å²) in [6, 6.07) is 0. The molecule has 0 aromatic carbocycles. The molecule has 0 atom stereocenters.